The number of benzene rings is 1. The average molecular weight is 347 g/mol. The number of halogens is 1. The summed E-state index contributed by atoms with van der Waals surface area (Å²) < 4.78 is 3.98. The third kappa shape index (κ3) is 3.63. The SMILES string of the molecule is C[C@H](Nc1snc(Cl)c1C#N)c1ccc(NC(=O)C2CC2)cc1. The molecule has 5 nitrogen and oxygen atoms in total. The Kier molecular flexibility index (Phi) is 4.51. The highest BCUT2D eigenvalue weighted by atomic mass is 35.5. The minimum absolute atomic E-state index is 0.00759. The summed E-state index contributed by atoms with van der Waals surface area (Å²) in [5, 5.41) is 16.1. The highest BCUT2D eigenvalue weighted by Crippen LogP contribution is 2.32. The summed E-state index contributed by atoms with van der Waals surface area (Å²) in [6.07, 6.45) is 1.98. The maximum Gasteiger partial charge on any atom is 0.227 e. The molecule has 0 radical (unpaired) electrons. The number of hydrogen-bond acceptors (Lipinski definition) is 5. The van der Waals surface area contributed by atoms with Crippen molar-refractivity contribution in [2.45, 2.75) is 25.8 Å². The number of nitrogens with one attached hydrogen (secondary N) is 2. The summed E-state index contributed by atoms with van der Waals surface area (Å²) in [4.78, 5) is 11.7. The first-order valence-corrected chi connectivity index (χ1v) is 8.46. The predicted octanol–water partition coefficient (Wildman–Crippen LogP) is 4.19. The molecular weight excluding hydrogens is 332 g/mol. The van der Waals surface area contributed by atoms with E-state index in [-0.39, 0.29) is 23.0 Å². The Morgan fingerprint density at radius 3 is 2.74 bits per heavy atom. The molecule has 2 N–H and O–H groups in total. The molecule has 1 atom stereocenters. The Morgan fingerprint density at radius 2 is 2.13 bits per heavy atom. The molecular formula is C16H15ClN4OS. The van der Waals surface area contributed by atoms with Crippen molar-refractivity contribution in [3.8, 4) is 6.07 Å². The van der Waals surface area contributed by atoms with Crippen LogP contribution in [0, 0.1) is 17.2 Å². The molecule has 1 saturated carbocycles. The predicted molar refractivity (Wildman–Crippen MR) is 91.7 cm³/mol. The van der Waals surface area contributed by atoms with Gasteiger partial charge in [-0.15, -0.1) is 0 Å². The van der Waals surface area contributed by atoms with Gasteiger partial charge in [-0.25, -0.2) is 0 Å². The fourth-order valence-corrected chi connectivity index (χ4v) is 3.21. The van der Waals surface area contributed by atoms with E-state index in [1.165, 1.54) is 11.5 Å². The van der Waals surface area contributed by atoms with Crippen LogP contribution in [-0.2, 0) is 4.79 Å². The number of aromatic nitrogens is 1. The Bertz CT molecular complexity index is 761. The second kappa shape index (κ2) is 6.57. The van der Waals surface area contributed by atoms with Gasteiger partial charge in [-0.2, -0.15) is 9.64 Å². The van der Waals surface area contributed by atoms with E-state index in [9.17, 15) is 4.79 Å². The lowest BCUT2D eigenvalue weighted by Crippen LogP contribution is -2.13. The molecule has 0 unspecified atom stereocenters. The average Bonchev–Trinajstić information content (AvgIpc) is 3.33. The Balaban J connectivity index is 1.66. The van der Waals surface area contributed by atoms with Gasteiger partial charge in [0.25, 0.3) is 0 Å². The number of nitrogens with zero attached hydrogens (tertiary/aromatic N) is 2. The Morgan fingerprint density at radius 1 is 1.43 bits per heavy atom. The molecule has 1 aromatic heterocycles. The smallest absolute Gasteiger partial charge is 0.227 e. The summed E-state index contributed by atoms with van der Waals surface area (Å²) in [6.45, 7) is 1.99. The van der Waals surface area contributed by atoms with E-state index >= 15 is 0 Å². The lowest BCUT2D eigenvalue weighted by molar-refractivity contribution is -0.117. The summed E-state index contributed by atoms with van der Waals surface area (Å²) in [6, 6.07) is 9.73. The minimum Gasteiger partial charge on any atom is -0.368 e. The van der Waals surface area contributed by atoms with E-state index in [0.29, 0.717) is 10.6 Å². The van der Waals surface area contributed by atoms with Crippen molar-refractivity contribution in [3.63, 3.8) is 0 Å². The standard InChI is InChI=1S/C16H15ClN4OS/c1-9(19-16-13(8-18)14(17)21-23-16)10-4-6-12(7-5-10)20-15(22)11-2-3-11/h4-7,9,11,19H,2-3H2,1H3,(H,20,22)/t9-/m0/s1. The van der Waals surface area contributed by atoms with Crippen molar-refractivity contribution < 1.29 is 4.79 Å². The molecule has 1 amide bonds. The van der Waals surface area contributed by atoms with E-state index in [0.717, 1.165) is 24.1 Å². The Hall–Kier alpha value is -2.10. The normalized spacial score (nSPS) is 14.8. The van der Waals surface area contributed by atoms with E-state index in [1.807, 2.05) is 31.2 Å². The lowest BCUT2D eigenvalue weighted by atomic mass is 10.1. The molecule has 0 aliphatic heterocycles. The van der Waals surface area contributed by atoms with E-state index in [4.69, 9.17) is 16.9 Å². The zero-order valence-electron chi connectivity index (χ0n) is 12.5. The number of anilines is 2. The number of rotatable bonds is 5. The fraction of sp³-hybridized carbons (Fsp3) is 0.312. The van der Waals surface area contributed by atoms with Gasteiger partial charge in [0.1, 0.15) is 16.6 Å². The molecule has 1 aromatic carbocycles. The monoisotopic (exact) mass is 346 g/mol. The summed E-state index contributed by atoms with van der Waals surface area (Å²) in [5.41, 5.74) is 2.22. The second-order valence-corrected chi connectivity index (χ2v) is 6.67. The number of amides is 1. The summed E-state index contributed by atoms with van der Waals surface area (Å²) in [5.74, 6) is 0.289. The van der Waals surface area contributed by atoms with Gasteiger partial charge in [-0.1, -0.05) is 23.7 Å². The van der Waals surface area contributed by atoms with Crippen LogP contribution in [0.25, 0.3) is 0 Å². The summed E-state index contributed by atoms with van der Waals surface area (Å²) in [7, 11) is 0. The second-order valence-electron chi connectivity index (χ2n) is 5.54. The van der Waals surface area contributed by atoms with E-state index in [1.54, 1.807) is 0 Å². The lowest BCUT2D eigenvalue weighted by Gasteiger charge is -2.15. The molecule has 7 heteroatoms. The van der Waals surface area contributed by atoms with Gasteiger partial charge in [0.15, 0.2) is 5.15 Å². The number of carbonyl (C=O) groups is 1. The van der Waals surface area contributed by atoms with Crippen LogP contribution >= 0.6 is 23.1 Å². The topological polar surface area (TPSA) is 77.8 Å². The van der Waals surface area contributed by atoms with Crippen LogP contribution in [0.4, 0.5) is 10.7 Å². The Labute approximate surface area is 143 Å². The summed E-state index contributed by atoms with van der Waals surface area (Å²) >= 11 is 7.04. The van der Waals surface area contributed by atoms with Crippen LogP contribution in [-0.4, -0.2) is 10.3 Å². The van der Waals surface area contributed by atoms with Gasteiger partial charge in [-0.05, 0) is 49.0 Å². The zero-order chi connectivity index (χ0) is 16.4. The maximum absolute atomic E-state index is 11.7. The fourth-order valence-electron chi connectivity index (χ4n) is 2.19. The van der Waals surface area contributed by atoms with Crippen molar-refractivity contribution in [1.82, 2.24) is 4.37 Å². The maximum atomic E-state index is 11.7. The molecule has 1 aliphatic rings. The molecule has 0 bridgehead atoms. The van der Waals surface area contributed by atoms with Crippen LogP contribution < -0.4 is 10.6 Å². The van der Waals surface area contributed by atoms with Gasteiger partial charge in [0, 0.05) is 17.6 Å². The molecule has 1 heterocycles. The molecule has 2 aromatic rings. The molecule has 0 spiro atoms. The van der Waals surface area contributed by atoms with Crippen LogP contribution in [0.5, 0.6) is 0 Å². The van der Waals surface area contributed by atoms with Gasteiger partial charge in [-0.3, -0.25) is 4.79 Å². The van der Waals surface area contributed by atoms with Gasteiger partial charge in [0.2, 0.25) is 5.91 Å². The minimum atomic E-state index is -0.00759. The van der Waals surface area contributed by atoms with Crippen LogP contribution in [0.15, 0.2) is 24.3 Å². The third-order valence-corrected chi connectivity index (χ3v) is 4.89. The van der Waals surface area contributed by atoms with Crippen LogP contribution in [0.3, 0.4) is 0 Å². The first-order chi connectivity index (χ1) is 11.1. The first-order valence-electron chi connectivity index (χ1n) is 7.31. The highest BCUT2D eigenvalue weighted by Gasteiger charge is 2.29. The van der Waals surface area contributed by atoms with Crippen molar-refractivity contribution in [2.24, 2.45) is 5.92 Å². The zero-order valence-corrected chi connectivity index (χ0v) is 14.0. The first kappa shape index (κ1) is 15.8. The van der Waals surface area contributed by atoms with Crippen molar-refractivity contribution in [2.75, 3.05) is 10.6 Å². The molecule has 23 heavy (non-hydrogen) atoms. The van der Waals surface area contributed by atoms with Crippen LogP contribution in [0.1, 0.15) is 36.9 Å². The third-order valence-electron chi connectivity index (χ3n) is 3.74. The van der Waals surface area contributed by atoms with Gasteiger partial charge >= 0.3 is 0 Å². The number of hydrogen-bond donors (Lipinski definition) is 2. The van der Waals surface area contributed by atoms with Gasteiger partial charge < -0.3 is 10.6 Å². The molecule has 118 valence electrons. The molecule has 1 fully saturated rings. The van der Waals surface area contributed by atoms with Crippen LogP contribution in [0.2, 0.25) is 5.15 Å². The van der Waals surface area contributed by atoms with E-state index < -0.39 is 0 Å². The van der Waals surface area contributed by atoms with Crippen molar-refractivity contribution in [1.29, 1.82) is 5.26 Å². The van der Waals surface area contributed by atoms with E-state index in [2.05, 4.69) is 21.1 Å². The molecule has 3 rings (SSSR count). The number of nitriles is 1. The van der Waals surface area contributed by atoms with Crippen molar-refractivity contribution >= 4 is 39.7 Å². The van der Waals surface area contributed by atoms with Crippen molar-refractivity contribution in [3.05, 3.63) is 40.5 Å². The quantitative estimate of drug-likeness (QED) is 0.850. The highest BCUT2D eigenvalue weighted by molar-refractivity contribution is 7.10. The molecule has 0 saturated heterocycles. The molecule has 1 aliphatic carbocycles. The van der Waals surface area contributed by atoms with Gasteiger partial charge in [0.05, 0.1) is 0 Å². The number of carbonyl (C=O) groups excluding carboxylic acids is 1. The largest absolute Gasteiger partial charge is 0.368 e.